The summed E-state index contributed by atoms with van der Waals surface area (Å²) in [6, 6.07) is 9.91. The van der Waals surface area contributed by atoms with E-state index in [0.717, 1.165) is 17.7 Å². The number of benzene rings is 1. The standard InChI is InChI=1S/C12H16N2O/c1-3-14-12(8-13)11-6-4-10(5-7-11)9-15-2/h4-7,12,14H,3,9H2,1-2H3. The Morgan fingerprint density at radius 3 is 2.53 bits per heavy atom. The Balaban J connectivity index is 2.74. The van der Waals surface area contributed by atoms with E-state index in [2.05, 4.69) is 11.4 Å². The first kappa shape index (κ1) is 11.7. The van der Waals surface area contributed by atoms with Crippen molar-refractivity contribution in [2.45, 2.75) is 19.6 Å². The van der Waals surface area contributed by atoms with Gasteiger partial charge >= 0.3 is 0 Å². The third-order valence-electron chi connectivity index (χ3n) is 2.16. The van der Waals surface area contributed by atoms with Crippen LogP contribution in [-0.4, -0.2) is 13.7 Å². The molecular weight excluding hydrogens is 188 g/mol. The highest BCUT2D eigenvalue weighted by Gasteiger charge is 2.07. The van der Waals surface area contributed by atoms with Gasteiger partial charge in [-0.2, -0.15) is 5.26 Å². The number of ether oxygens (including phenoxy) is 1. The minimum atomic E-state index is -0.216. The Morgan fingerprint density at radius 2 is 2.07 bits per heavy atom. The van der Waals surface area contributed by atoms with Gasteiger partial charge < -0.3 is 4.74 Å². The molecule has 0 fully saturated rings. The van der Waals surface area contributed by atoms with E-state index in [4.69, 9.17) is 10.00 Å². The zero-order valence-electron chi connectivity index (χ0n) is 9.16. The normalized spacial score (nSPS) is 12.1. The van der Waals surface area contributed by atoms with E-state index in [0.29, 0.717) is 6.61 Å². The van der Waals surface area contributed by atoms with Crippen molar-refractivity contribution in [2.24, 2.45) is 0 Å². The Labute approximate surface area is 90.7 Å². The van der Waals surface area contributed by atoms with Crippen LogP contribution < -0.4 is 5.32 Å². The molecule has 1 unspecified atom stereocenters. The smallest absolute Gasteiger partial charge is 0.121 e. The molecule has 3 heteroatoms. The highest BCUT2D eigenvalue weighted by molar-refractivity contribution is 5.27. The van der Waals surface area contributed by atoms with Gasteiger partial charge in [-0.1, -0.05) is 31.2 Å². The highest BCUT2D eigenvalue weighted by Crippen LogP contribution is 2.13. The summed E-state index contributed by atoms with van der Waals surface area (Å²) in [5.74, 6) is 0. The maximum absolute atomic E-state index is 8.95. The minimum absolute atomic E-state index is 0.216. The van der Waals surface area contributed by atoms with Gasteiger partial charge in [0.2, 0.25) is 0 Å². The monoisotopic (exact) mass is 204 g/mol. The van der Waals surface area contributed by atoms with Gasteiger partial charge in [0.1, 0.15) is 6.04 Å². The van der Waals surface area contributed by atoms with Gasteiger partial charge in [-0.3, -0.25) is 5.32 Å². The molecule has 0 amide bonds. The molecule has 15 heavy (non-hydrogen) atoms. The Kier molecular flexibility index (Phi) is 4.82. The summed E-state index contributed by atoms with van der Waals surface area (Å²) in [5.41, 5.74) is 2.12. The van der Waals surface area contributed by atoms with Crippen molar-refractivity contribution < 1.29 is 4.74 Å². The summed E-state index contributed by atoms with van der Waals surface area (Å²) in [6.45, 7) is 3.39. The van der Waals surface area contributed by atoms with Gasteiger partial charge in [0.15, 0.2) is 0 Å². The van der Waals surface area contributed by atoms with Crippen molar-refractivity contribution >= 4 is 0 Å². The topological polar surface area (TPSA) is 45.0 Å². The first-order valence-electron chi connectivity index (χ1n) is 5.02. The first-order valence-corrected chi connectivity index (χ1v) is 5.02. The van der Waals surface area contributed by atoms with Crippen LogP contribution in [0, 0.1) is 11.3 Å². The summed E-state index contributed by atoms with van der Waals surface area (Å²) in [6.07, 6.45) is 0. The molecule has 0 radical (unpaired) electrons. The third-order valence-corrected chi connectivity index (χ3v) is 2.16. The Bertz CT molecular complexity index is 326. The van der Waals surface area contributed by atoms with E-state index in [1.54, 1.807) is 7.11 Å². The second kappa shape index (κ2) is 6.18. The molecule has 1 aromatic rings. The third kappa shape index (κ3) is 3.35. The molecule has 0 aliphatic heterocycles. The molecule has 0 heterocycles. The van der Waals surface area contributed by atoms with Crippen LogP contribution >= 0.6 is 0 Å². The number of nitriles is 1. The minimum Gasteiger partial charge on any atom is -0.380 e. The van der Waals surface area contributed by atoms with Crippen LogP contribution in [0.25, 0.3) is 0 Å². The maximum atomic E-state index is 8.95. The molecule has 0 spiro atoms. The van der Waals surface area contributed by atoms with Crippen LogP contribution in [0.5, 0.6) is 0 Å². The largest absolute Gasteiger partial charge is 0.380 e. The second-order valence-corrected chi connectivity index (χ2v) is 3.29. The lowest BCUT2D eigenvalue weighted by molar-refractivity contribution is 0.185. The van der Waals surface area contributed by atoms with Gasteiger partial charge in [-0.15, -0.1) is 0 Å². The summed E-state index contributed by atoms with van der Waals surface area (Å²) in [7, 11) is 1.67. The fourth-order valence-corrected chi connectivity index (χ4v) is 1.42. The second-order valence-electron chi connectivity index (χ2n) is 3.29. The molecule has 1 aromatic carbocycles. The molecule has 1 N–H and O–H groups in total. The predicted octanol–water partition coefficient (Wildman–Crippen LogP) is 2.01. The Hall–Kier alpha value is -1.37. The molecule has 3 nitrogen and oxygen atoms in total. The van der Waals surface area contributed by atoms with Gasteiger partial charge in [-0.25, -0.2) is 0 Å². The van der Waals surface area contributed by atoms with E-state index in [1.165, 1.54) is 0 Å². The SMILES string of the molecule is CCNC(C#N)c1ccc(COC)cc1. The number of hydrogen-bond acceptors (Lipinski definition) is 3. The summed E-state index contributed by atoms with van der Waals surface area (Å²) in [4.78, 5) is 0. The highest BCUT2D eigenvalue weighted by atomic mass is 16.5. The number of nitrogens with one attached hydrogen (secondary N) is 1. The van der Waals surface area contributed by atoms with E-state index in [9.17, 15) is 0 Å². The number of nitrogens with zero attached hydrogens (tertiary/aromatic N) is 1. The summed E-state index contributed by atoms with van der Waals surface area (Å²) >= 11 is 0. The molecule has 80 valence electrons. The molecule has 0 bridgehead atoms. The van der Waals surface area contributed by atoms with Crippen molar-refractivity contribution in [1.29, 1.82) is 5.26 Å². The number of rotatable bonds is 5. The van der Waals surface area contributed by atoms with Crippen molar-refractivity contribution in [2.75, 3.05) is 13.7 Å². The van der Waals surface area contributed by atoms with Crippen LogP contribution in [0.4, 0.5) is 0 Å². The van der Waals surface area contributed by atoms with E-state index in [1.807, 2.05) is 31.2 Å². The zero-order valence-corrected chi connectivity index (χ0v) is 9.16. The molecule has 0 saturated heterocycles. The molecule has 0 aliphatic rings. The molecule has 1 rings (SSSR count). The molecule has 0 saturated carbocycles. The molecular formula is C12H16N2O. The molecule has 0 aromatic heterocycles. The summed E-state index contributed by atoms with van der Waals surface area (Å²) in [5, 5.41) is 12.1. The van der Waals surface area contributed by atoms with Gasteiger partial charge in [0.05, 0.1) is 12.7 Å². The number of methoxy groups -OCH3 is 1. The number of hydrogen-bond donors (Lipinski definition) is 1. The lowest BCUT2D eigenvalue weighted by Crippen LogP contribution is -2.19. The predicted molar refractivity (Wildman–Crippen MR) is 59.2 cm³/mol. The van der Waals surface area contributed by atoms with Crippen LogP contribution in [-0.2, 0) is 11.3 Å². The maximum Gasteiger partial charge on any atom is 0.121 e. The van der Waals surface area contributed by atoms with Gasteiger partial charge in [0.25, 0.3) is 0 Å². The fraction of sp³-hybridized carbons (Fsp3) is 0.417. The van der Waals surface area contributed by atoms with Crippen LogP contribution in [0.15, 0.2) is 24.3 Å². The lowest BCUT2D eigenvalue weighted by atomic mass is 10.1. The quantitative estimate of drug-likeness (QED) is 0.798. The van der Waals surface area contributed by atoms with Crippen molar-refractivity contribution in [3.63, 3.8) is 0 Å². The van der Waals surface area contributed by atoms with Crippen molar-refractivity contribution in [1.82, 2.24) is 5.32 Å². The van der Waals surface area contributed by atoms with Gasteiger partial charge in [0, 0.05) is 7.11 Å². The molecule has 1 atom stereocenters. The van der Waals surface area contributed by atoms with Gasteiger partial charge in [-0.05, 0) is 17.7 Å². The van der Waals surface area contributed by atoms with Crippen molar-refractivity contribution in [3.8, 4) is 6.07 Å². The zero-order chi connectivity index (χ0) is 11.1. The van der Waals surface area contributed by atoms with E-state index in [-0.39, 0.29) is 6.04 Å². The first-order chi connectivity index (χ1) is 7.31. The van der Waals surface area contributed by atoms with Crippen LogP contribution in [0.2, 0.25) is 0 Å². The van der Waals surface area contributed by atoms with Crippen molar-refractivity contribution in [3.05, 3.63) is 35.4 Å². The molecule has 0 aliphatic carbocycles. The Morgan fingerprint density at radius 1 is 1.40 bits per heavy atom. The van der Waals surface area contributed by atoms with E-state index < -0.39 is 0 Å². The van der Waals surface area contributed by atoms with Crippen LogP contribution in [0.3, 0.4) is 0 Å². The van der Waals surface area contributed by atoms with E-state index >= 15 is 0 Å². The lowest BCUT2D eigenvalue weighted by Gasteiger charge is -2.10. The average molecular weight is 204 g/mol. The average Bonchev–Trinajstić information content (AvgIpc) is 2.28. The summed E-state index contributed by atoms with van der Waals surface area (Å²) < 4.78 is 5.02. The van der Waals surface area contributed by atoms with Crippen LogP contribution in [0.1, 0.15) is 24.1 Å². The fourth-order valence-electron chi connectivity index (χ4n) is 1.42.